The number of carbonyl (C=O) groups is 1. The lowest BCUT2D eigenvalue weighted by molar-refractivity contribution is -0.121. The van der Waals surface area contributed by atoms with E-state index < -0.39 is 0 Å². The summed E-state index contributed by atoms with van der Waals surface area (Å²) < 4.78 is 8.64. The molecule has 0 spiro atoms. The van der Waals surface area contributed by atoms with Crippen LogP contribution in [-0.4, -0.2) is 20.7 Å². The fraction of sp³-hybridized carbons (Fsp3) is 0.130. The molecule has 3 aromatic heterocycles. The quantitative estimate of drug-likeness (QED) is 0.440. The van der Waals surface area contributed by atoms with E-state index in [1.807, 2.05) is 54.6 Å². The van der Waals surface area contributed by atoms with E-state index in [1.165, 1.54) is 6.20 Å². The zero-order chi connectivity index (χ0) is 21.2. The van der Waals surface area contributed by atoms with Crippen molar-refractivity contribution in [3.8, 4) is 10.8 Å². The Labute approximate surface area is 181 Å². The van der Waals surface area contributed by atoms with Gasteiger partial charge < -0.3 is 9.73 Å². The monoisotopic (exact) mass is 430 g/mol. The minimum absolute atomic E-state index is 0.123. The minimum atomic E-state index is -0.127. The number of rotatable bonds is 6. The van der Waals surface area contributed by atoms with Crippen LogP contribution >= 0.6 is 11.3 Å². The highest BCUT2D eigenvalue weighted by molar-refractivity contribution is 7.21. The molecule has 5 aromatic rings. The molecule has 0 bridgehead atoms. The van der Waals surface area contributed by atoms with Crippen LogP contribution in [-0.2, 0) is 17.9 Å². The molecule has 0 atom stereocenters. The highest BCUT2D eigenvalue weighted by Gasteiger charge is 2.12. The van der Waals surface area contributed by atoms with Crippen molar-refractivity contribution in [3.05, 3.63) is 82.8 Å². The lowest BCUT2D eigenvalue weighted by atomic mass is 10.2. The molecule has 0 aliphatic rings. The van der Waals surface area contributed by atoms with Crippen molar-refractivity contribution in [2.45, 2.75) is 19.5 Å². The second-order valence-electron chi connectivity index (χ2n) is 7.03. The number of aromatic nitrogens is 3. The largest absolute Gasteiger partial charge is 0.457 e. The Morgan fingerprint density at radius 2 is 1.90 bits per heavy atom. The van der Waals surface area contributed by atoms with Crippen LogP contribution in [0.3, 0.4) is 0 Å². The topological polar surface area (TPSA) is 90.0 Å². The summed E-state index contributed by atoms with van der Waals surface area (Å²) in [5, 5.41) is 8.43. The number of nitrogens with one attached hydrogen (secondary N) is 1. The molecule has 2 aromatic carbocycles. The third-order valence-corrected chi connectivity index (χ3v) is 5.99. The minimum Gasteiger partial charge on any atom is -0.457 e. The van der Waals surface area contributed by atoms with E-state index in [1.54, 1.807) is 22.1 Å². The van der Waals surface area contributed by atoms with Gasteiger partial charge in [-0.3, -0.25) is 14.3 Å². The zero-order valence-corrected chi connectivity index (χ0v) is 17.3. The summed E-state index contributed by atoms with van der Waals surface area (Å²) in [5.41, 5.74) is 1.53. The van der Waals surface area contributed by atoms with Gasteiger partial charge in [0.1, 0.15) is 5.76 Å². The lowest BCUT2D eigenvalue weighted by Crippen LogP contribution is -2.24. The fourth-order valence-corrected chi connectivity index (χ4v) is 4.31. The Morgan fingerprint density at radius 1 is 1.06 bits per heavy atom. The molecule has 0 unspecified atom stereocenters. The van der Waals surface area contributed by atoms with Gasteiger partial charge in [-0.1, -0.05) is 24.3 Å². The Morgan fingerprint density at radius 3 is 2.81 bits per heavy atom. The van der Waals surface area contributed by atoms with E-state index in [0.29, 0.717) is 35.5 Å². The van der Waals surface area contributed by atoms with Crippen molar-refractivity contribution in [3.63, 3.8) is 0 Å². The number of aryl methyl sites for hydroxylation is 1. The Hall–Kier alpha value is -3.78. The molecule has 0 saturated heterocycles. The van der Waals surface area contributed by atoms with Crippen molar-refractivity contribution < 1.29 is 9.21 Å². The second kappa shape index (κ2) is 8.16. The number of benzene rings is 2. The molecular formula is C23H18N4O3S. The van der Waals surface area contributed by atoms with Gasteiger partial charge in [0.15, 0.2) is 10.8 Å². The van der Waals surface area contributed by atoms with Gasteiger partial charge in [-0.15, -0.1) is 11.3 Å². The van der Waals surface area contributed by atoms with Gasteiger partial charge in [0.05, 0.1) is 35.0 Å². The third kappa shape index (κ3) is 3.97. The highest BCUT2D eigenvalue weighted by Crippen LogP contribution is 2.31. The molecule has 31 heavy (non-hydrogen) atoms. The van der Waals surface area contributed by atoms with Gasteiger partial charge in [0.2, 0.25) is 11.3 Å². The van der Waals surface area contributed by atoms with Gasteiger partial charge in [0, 0.05) is 11.8 Å². The molecule has 0 aliphatic heterocycles. The van der Waals surface area contributed by atoms with Gasteiger partial charge in [-0.05, 0) is 36.4 Å². The average molecular weight is 430 g/mol. The van der Waals surface area contributed by atoms with E-state index in [-0.39, 0.29) is 17.8 Å². The van der Waals surface area contributed by atoms with Crippen LogP contribution in [0.1, 0.15) is 12.2 Å². The average Bonchev–Trinajstić information content (AvgIpc) is 3.44. The first-order valence-electron chi connectivity index (χ1n) is 9.83. The molecular weight excluding hydrogens is 412 g/mol. The van der Waals surface area contributed by atoms with Gasteiger partial charge in [-0.2, -0.15) is 5.10 Å². The van der Waals surface area contributed by atoms with Crippen LogP contribution in [0.4, 0.5) is 0 Å². The number of hydrogen-bond acceptors (Lipinski definition) is 6. The molecule has 0 saturated carbocycles. The first kappa shape index (κ1) is 19.2. The van der Waals surface area contributed by atoms with Gasteiger partial charge >= 0.3 is 0 Å². The van der Waals surface area contributed by atoms with Crippen LogP contribution < -0.4 is 10.7 Å². The van der Waals surface area contributed by atoms with Crippen LogP contribution in [0, 0.1) is 0 Å². The summed E-state index contributed by atoms with van der Waals surface area (Å²) in [7, 11) is 0. The van der Waals surface area contributed by atoms with Crippen molar-refractivity contribution in [1.29, 1.82) is 0 Å². The number of para-hydroxylation sites is 2. The van der Waals surface area contributed by atoms with Crippen molar-refractivity contribution in [1.82, 2.24) is 20.1 Å². The Balaban J connectivity index is 1.21. The van der Waals surface area contributed by atoms with Gasteiger partial charge in [0.25, 0.3) is 0 Å². The van der Waals surface area contributed by atoms with Crippen molar-refractivity contribution in [2.24, 2.45) is 0 Å². The zero-order valence-electron chi connectivity index (χ0n) is 16.4. The second-order valence-corrected chi connectivity index (χ2v) is 8.06. The fourth-order valence-electron chi connectivity index (χ4n) is 3.39. The molecule has 154 valence electrons. The molecule has 0 fully saturated rings. The van der Waals surface area contributed by atoms with E-state index >= 15 is 0 Å². The maximum absolute atomic E-state index is 12.3. The first-order chi connectivity index (χ1) is 15.2. The normalized spacial score (nSPS) is 11.2. The first-order valence-corrected chi connectivity index (χ1v) is 10.7. The molecule has 8 heteroatoms. The van der Waals surface area contributed by atoms with Gasteiger partial charge in [-0.25, -0.2) is 4.98 Å². The predicted molar refractivity (Wildman–Crippen MR) is 120 cm³/mol. The number of fused-ring (bicyclic) bond motifs is 2. The summed E-state index contributed by atoms with van der Waals surface area (Å²) >= 11 is 1.57. The third-order valence-electron chi connectivity index (χ3n) is 4.94. The smallest absolute Gasteiger partial charge is 0.222 e. The van der Waals surface area contributed by atoms with Crippen LogP contribution in [0.2, 0.25) is 0 Å². The van der Waals surface area contributed by atoms with Crippen LogP contribution in [0.5, 0.6) is 0 Å². The van der Waals surface area contributed by atoms with Crippen molar-refractivity contribution in [2.75, 3.05) is 0 Å². The molecule has 7 nitrogen and oxygen atoms in total. The number of amides is 1. The summed E-state index contributed by atoms with van der Waals surface area (Å²) in [6.07, 6.45) is 1.53. The SMILES string of the molecule is O=C(CCn1ncc(=O)c2ccccc21)NCc1ccc(-c2nc3ccccc3s2)o1. The number of nitrogens with zero attached hydrogens (tertiary/aromatic N) is 3. The summed E-state index contributed by atoms with van der Waals surface area (Å²) in [4.78, 5) is 28.8. The molecule has 0 aliphatic carbocycles. The maximum Gasteiger partial charge on any atom is 0.222 e. The predicted octanol–water partition coefficient (Wildman–Crippen LogP) is 3.97. The summed E-state index contributed by atoms with van der Waals surface area (Å²) in [6.45, 7) is 0.670. The number of hydrogen-bond donors (Lipinski definition) is 1. The summed E-state index contributed by atoms with van der Waals surface area (Å²) in [5.74, 6) is 1.23. The van der Waals surface area contributed by atoms with E-state index in [4.69, 9.17) is 4.42 Å². The number of furan rings is 1. The van der Waals surface area contributed by atoms with Crippen LogP contribution in [0.25, 0.3) is 31.9 Å². The number of carbonyl (C=O) groups excluding carboxylic acids is 1. The molecule has 5 rings (SSSR count). The molecule has 1 amide bonds. The van der Waals surface area contributed by atoms with Crippen LogP contribution in [0.15, 0.2) is 76.1 Å². The summed E-state index contributed by atoms with van der Waals surface area (Å²) in [6, 6.07) is 18.9. The number of thiazole rings is 1. The van der Waals surface area contributed by atoms with E-state index in [0.717, 1.165) is 15.2 Å². The van der Waals surface area contributed by atoms with E-state index in [9.17, 15) is 9.59 Å². The Kier molecular flexibility index (Phi) is 5.05. The highest BCUT2D eigenvalue weighted by atomic mass is 32.1. The standard InChI is InChI=1S/C23H18N4O3S/c28-19-14-25-27(18-7-3-1-5-16(18)19)12-11-22(29)24-13-15-9-10-20(30-15)23-26-17-6-2-4-8-21(17)31-23/h1-10,14H,11-13H2,(H,24,29). The molecule has 0 radical (unpaired) electrons. The Bertz CT molecular complexity index is 1420. The molecule has 1 N–H and O–H groups in total. The lowest BCUT2D eigenvalue weighted by Gasteiger charge is -2.09. The molecule has 3 heterocycles. The van der Waals surface area contributed by atoms with Crippen molar-refractivity contribution >= 4 is 38.4 Å². The van der Waals surface area contributed by atoms with E-state index in [2.05, 4.69) is 15.4 Å². The maximum atomic E-state index is 12.3.